The fourth-order valence-electron chi connectivity index (χ4n) is 3.22. The number of benzene rings is 1. The van der Waals surface area contributed by atoms with Gasteiger partial charge in [-0.3, -0.25) is 0 Å². The van der Waals surface area contributed by atoms with Crippen LogP contribution in [0.5, 0.6) is 5.75 Å². The van der Waals surface area contributed by atoms with E-state index < -0.39 is 0 Å². The van der Waals surface area contributed by atoms with Gasteiger partial charge in [0, 0.05) is 5.56 Å². The van der Waals surface area contributed by atoms with Crippen LogP contribution in [-0.2, 0) is 0 Å². The smallest absolute Gasteiger partial charge is 0.222 e. The molecule has 0 saturated heterocycles. The highest BCUT2D eigenvalue weighted by Gasteiger charge is 2.39. The van der Waals surface area contributed by atoms with Gasteiger partial charge in [-0.1, -0.05) is 11.6 Å². The minimum Gasteiger partial charge on any atom is -0.488 e. The molecule has 0 radical (unpaired) electrons. The first kappa shape index (κ1) is 14.8. The van der Waals surface area contributed by atoms with Crippen molar-refractivity contribution in [2.24, 2.45) is 0 Å². The third kappa shape index (κ3) is 2.12. The van der Waals surface area contributed by atoms with Crippen molar-refractivity contribution in [3.05, 3.63) is 28.4 Å². The molecule has 2 aromatic rings. The van der Waals surface area contributed by atoms with E-state index in [1.807, 2.05) is 13.8 Å². The van der Waals surface area contributed by atoms with Gasteiger partial charge in [-0.15, -0.1) is 0 Å². The lowest BCUT2D eigenvalue weighted by molar-refractivity contribution is 0.269. The summed E-state index contributed by atoms with van der Waals surface area (Å²) in [7, 11) is 0. The first-order valence-corrected chi connectivity index (χ1v) is 7.95. The van der Waals surface area contributed by atoms with Crippen LogP contribution >= 0.6 is 23.2 Å². The molecule has 2 aliphatic rings. The van der Waals surface area contributed by atoms with Gasteiger partial charge >= 0.3 is 0 Å². The Morgan fingerprint density at radius 3 is 2.96 bits per heavy atom. The van der Waals surface area contributed by atoms with Gasteiger partial charge in [0.15, 0.2) is 5.75 Å². The molecular weight excluding hydrogens is 342 g/mol. The number of halogens is 3. The standard InChI is InChI=1S/C15H13Cl2FN4O/c1-6-5-23-14-8(11-9(16)4-19-15(17)21-11)3-10(18)12-13(14)22(6)7(2)20-12/h3-4,6-7,20H,5H2,1-2H3. The van der Waals surface area contributed by atoms with Crippen molar-refractivity contribution in [3.8, 4) is 17.0 Å². The van der Waals surface area contributed by atoms with E-state index in [0.717, 1.165) is 0 Å². The van der Waals surface area contributed by atoms with Gasteiger partial charge in [-0.05, 0) is 31.5 Å². The van der Waals surface area contributed by atoms with E-state index in [2.05, 4.69) is 20.2 Å². The number of rotatable bonds is 1. The summed E-state index contributed by atoms with van der Waals surface area (Å²) < 4.78 is 20.5. The van der Waals surface area contributed by atoms with Crippen LogP contribution in [0.3, 0.4) is 0 Å². The molecule has 0 bridgehead atoms. The lowest BCUT2D eigenvalue weighted by Crippen LogP contribution is -2.45. The molecule has 2 aliphatic heterocycles. The Morgan fingerprint density at radius 2 is 2.17 bits per heavy atom. The molecule has 4 rings (SSSR count). The van der Waals surface area contributed by atoms with Gasteiger partial charge in [0.05, 0.1) is 34.8 Å². The average Bonchev–Trinajstić information content (AvgIpc) is 2.87. The molecule has 8 heteroatoms. The van der Waals surface area contributed by atoms with Crippen molar-refractivity contribution in [2.45, 2.75) is 26.1 Å². The van der Waals surface area contributed by atoms with Crippen LogP contribution < -0.4 is 15.0 Å². The summed E-state index contributed by atoms with van der Waals surface area (Å²) in [6, 6.07) is 1.50. The predicted molar refractivity (Wildman–Crippen MR) is 88.0 cm³/mol. The predicted octanol–water partition coefficient (Wildman–Crippen LogP) is 3.95. The van der Waals surface area contributed by atoms with Gasteiger partial charge in [0.2, 0.25) is 5.28 Å². The van der Waals surface area contributed by atoms with Crippen molar-refractivity contribution in [2.75, 3.05) is 16.8 Å². The largest absolute Gasteiger partial charge is 0.488 e. The van der Waals surface area contributed by atoms with E-state index in [0.29, 0.717) is 35.0 Å². The number of ether oxygens (including phenoxy) is 1. The molecule has 1 aromatic carbocycles. The van der Waals surface area contributed by atoms with Crippen molar-refractivity contribution >= 4 is 34.6 Å². The normalized spacial score (nSPS) is 21.7. The van der Waals surface area contributed by atoms with Crippen LogP contribution in [0.15, 0.2) is 12.3 Å². The van der Waals surface area contributed by atoms with Gasteiger partial charge in [-0.25, -0.2) is 14.4 Å². The quantitative estimate of drug-likeness (QED) is 0.785. The van der Waals surface area contributed by atoms with Crippen LogP contribution in [0.2, 0.25) is 10.3 Å². The van der Waals surface area contributed by atoms with Crippen LogP contribution in [-0.4, -0.2) is 28.8 Å². The SMILES string of the molecule is CC1COc2c(-c3nc(Cl)ncc3Cl)cc(F)c3c2N1C(C)N3. The molecule has 5 nitrogen and oxygen atoms in total. The van der Waals surface area contributed by atoms with Gasteiger partial charge < -0.3 is 15.0 Å². The molecule has 1 aromatic heterocycles. The molecule has 0 spiro atoms. The van der Waals surface area contributed by atoms with Gasteiger partial charge in [0.25, 0.3) is 0 Å². The second-order valence-electron chi connectivity index (χ2n) is 5.68. The number of hydrogen-bond acceptors (Lipinski definition) is 5. The molecule has 0 aliphatic carbocycles. The Bertz CT molecular complexity index is 817. The number of aromatic nitrogens is 2. The molecule has 1 N–H and O–H groups in total. The molecule has 2 unspecified atom stereocenters. The maximum Gasteiger partial charge on any atom is 0.222 e. The van der Waals surface area contributed by atoms with Gasteiger partial charge in [0.1, 0.15) is 18.1 Å². The maximum atomic E-state index is 14.6. The highest BCUT2D eigenvalue weighted by Crippen LogP contribution is 2.52. The third-order valence-electron chi connectivity index (χ3n) is 4.15. The monoisotopic (exact) mass is 354 g/mol. The minimum atomic E-state index is -0.378. The summed E-state index contributed by atoms with van der Waals surface area (Å²) in [5.74, 6) is 0.185. The van der Waals surface area contributed by atoms with Crippen LogP contribution in [0.1, 0.15) is 13.8 Å². The zero-order valence-electron chi connectivity index (χ0n) is 12.4. The molecule has 2 atom stereocenters. The third-order valence-corrected chi connectivity index (χ3v) is 4.61. The first-order chi connectivity index (χ1) is 11.0. The topological polar surface area (TPSA) is 50.3 Å². The highest BCUT2D eigenvalue weighted by atomic mass is 35.5. The summed E-state index contributed by atoms with van der Waals surface area (Å²) in [4.78, 5) is 10.1. The van der Waals surface area contributed by atoms with Gasteiger partial charge in [-0.2, -0.15) is 0 Å². The second kappa shape index (κ2) is 5.11. The molecule has 0 fully saturated rings. The Labute approximate surface area is 142 Å². The lowest BCUT2D eigenvalue weighted by Gasteiger charge is -2.36. The van der Waals surface area contributed by atoms with E-state index >= 15 is 0 Å². The second-order valence-corrected chi connectivity index (χ2v) is 6.43. The lowest BCUT2D eigenvalue weighted by atomic mass is 10.0. The Balaban J connectivity index is 2.00. The minimum absolute atomic E-state index is 0.0168. The van der Waals surface area contributed by atoms with Crippen molar-refractivity contribution in [1.29, 1.82) is 0 Å². The van der Waals surface area contributed by atoms with E-state index in [9.17, 15) is 4.39 Å². The van der Waals surface area contributed by atoms with Crippen molar-refractivity contribution < 1.29 is 9.13 Å². The van der Waals surface area contributed by atoms with Crippen LogP contribution in [0.4, 0.5) is 15.8 Å². The number of hydrogen-bond donors (Lipinski definition) is 1. The summed E-state index contributed by atoms with van der Waals surface area (Å²) in [6.07, 6.45) is 1.38. The fraction of sp³-hybridized carbons (Fsp3) is 0.333. The molecule has 120 valence electrons. The fourth-order valence-corrected chi connectivity index (χ4v) is 3.54. The Morgan fingerprint density at radius 1 is 1.39 bits per heavy atom. The molecule has 0 amide bonds. The summed E-state index contributed by atoms with van der Waals surface area (Å²) in [6.45, 7) is 4.52. The van der Waals surface area contributed by atoms with E-state index in [4.69, 9.17) is 27.9 Å². The van der Waals surface area contributed by atoms with E-state index in [-0.39, 0.29) is 28.3 Å². The van der Waals surface area contributed by atoms with Crippen LogP contribution in [0.25, 0.3) is 11.3 Å². The average molecular weight is 355 g/mol. The molecule has 3 heterocycles. The Hall–Kier alpha value is -1.79. The van der Waals surface area contributed by atoms with E-state index in [1.165, 1.54) is 12.3 Å². The zero-order valence-corrected chi connectivity index (χ0v) is 13.9. The van der Waals surface area contributed by atoms with Crippen molar-refractivity contribution in [1.82, 2.24) is 9.97 Å². The zero-order chi connectivity index (χ0) is 16.3. The first-order valence-electron chi connectivity index (χ1n) is 7.20. The Kier molecular flexibility index (Phi) is 3.28. The van der Waals surface area contributed by atoms with Crippen LogP contribution in [0, 0.1) is 5.82 Å². The number of nitrogens with one attached hydrogen (secondary N) is 1. The van der Waals surface area contributed by atoms with Crippen molar-refractivity contribution in [3.63, 3.8) is 0 Å². The molecule has 23 heavy (non-hydrogen) atoms. The number of nitrogens with zero attached hydrogens (tertiary/aromatic N) is 3. The molecule has 0 saturated carbocycles. The summed E-state index contributed by atoms with van der Waals surface area (Å²) in [5.41, 5.74) is 1.98. The summed E-state index contributed by atoms with van der Waals surface area (Å²) in [5, 5.41) is 3.50. The maximum absolute atomic E-state index is 14.6. The highest BCUT2D eigenvalue weighted by molar-refractivity contribution is 6.33. The van der Waals surface area contributed by atoms with E-state index in [1.54, 1.807) is 0 Å². The summed E-state index contributed by atoms with van der Waals surface area (Å²) >= 11 is 12.1. The molecular formula is C15H13Cl2FN4O. The number of anilines is 2.